The van der Waals surface area contributed by atoms with Gasteiger partial charge in [0.05, 0.1) is 17.8 Å². The maximum Gasteiger partial charge on any atom is 0.418 e. The molecule has 4 unspecified atom stereocenters. The normalized spacial score (nSPS) is 22.5. The van der Waals surface area contributed by atoms with Crippen LogP contribution in [0.5, 0.6) is 0 Å². The van der Waals surface area contributed by atoms with Crippen molar-refractivity contribution in [2.45, 2.75) is 71.4 Å². The highest BCUT2D eigenvalue weighted by Gasteiger charge is 2.41. The quantitative estimate of drug-likeness (QED) is 0.247. The van der Waals surface area contributed by atoms with Crippen LogP contribution in [-0.2, 0) is 16.0 Å². The van der Waals surface area contributed by atoms with Crippen molar-refractivity contribution in [2.75, 3.05) is 6.61 Å². The second-order valence-corrected chi connectivity index (χ2v) is 8.95. The maximum absolute atomic E-state index is 13.0. The third-order valence-electron chi connectivity index (χ3n) is 4.99. The third kappa shape index (κ3) is 4.50. The molecule has 0 saturated carbocycles. The van der Waals surface area contributed by atoms with Crippen molar-refractivity contribution in [1.29, 1.82) is 0 Å². The lowest BCUT2D eigenvalue weighted by atomic mass is 10.2. The van der Waals surface area contributed by atoms with Gasteiger partial charge in [-0.15, -0.1) is 9.78 Å². The van der Waals surface area contributed by atoms with Gasteiger partial charge in [-0.1, -0.05) is 5.21 Å². The number of aliphatic hydroxyl groups is 2. The van der Waals surface area contributed by atoms with Gasteiger partial charge >= 0.3 is 11.4 Å². The standard InChI is InChI=1S/C16H26N7O8P/c1-8(2)22(9(3)4)32(29)31-10-5-12(30-11(10)6-24)21-16(26)14-13(17-19-21)15(23(27)28)18-20(14)7-25/h8-12,24-25,29H,5-7H2,1-4H3. The first-order chi connectivity index (χ1) is 15.1. The highest BCUT2D eigenvalue weighted by molar-refractivity contribution is 7.43. The summed E-state index contributed by atoms with van der Waals surface area (Å²) >= 11 is 0. The molecule has 0 spiro atoms. The number of hydrogen-bond acceptors (Lipinski definition) is 12. The van der Waals surface area contributed by atoms with Gasteiger partial charge in [0.1, 0.15) is 6.10 Å². The molecule has 4 atom stereocenters. The molecule has 32 heavy (non-hydrogen) atoms. The summed E-state index contributed by atoms with van der Waals surface area (Å²) in [6.45, 7) is 6.45. The molecule has 3 heterocycles. The Morgan fingerprint density at radius 3 is 2.53 bits per heavy atom. The molecule has 1 saturated heterocycles. The summed E-state index contributed by atoms with van der Waals surface area (Å²) in [5.41, 5.74) is -1.49. The van der Waals surface area contributed by atoms with Crippen molar-refractivity contribution in [3.8, 4) is 0 Å². The third-order valence-corrected chi connectivity index (χ3v) is 6.77. The second-order valence-electron chi connectivity index (χ2n) is 7.77. The Labute approximate surface area is 183 Å². The zero-order chi connectivity index (χ0) is 23.7. The van der Waals surface area contributed by atoms with E-state index in [9.17, 15) is 30.0 Å². The molecule has 1 aliphatic rings. The lowest BCUT2D eigenvalue weighted by Gasteiger charge is -2.34. The van der Waals surface area contributed by atoms with Crippen molar-refractivity contribution in [2.24, 2.45) is 0 Å². The van der Waals surface area contributed by atoms with Crippen LogP contribution in [0.1, 0.15) is 40.3 Å². The molecule has 3 N–H and O–H groups in total. The predicted molar refractivity (Wildman–Crippen MR) is 110 cm³/mol. The van der Waals surface area contributed by atoms with Crippen molar-refractivity contribution in [1.82, 2.24) is 29.4 Å². The molecule has 178 valence electrons. The maximum atomic E-state index is 13.0. The molecule has 0 aliphatic carbocycles. The lowest BCUT2D eigenvalue weighted by Crippen LogP contribution is -2.35. The molecule has 0 bridgehead atoms. The number of aliphatic hydroxyl groups excluding tert-OH is 2. The molecule has 0 amide bonds. The summed E-state index contributed by atoms with van der Waals surface area (Å²) in [4.78, 5) is 33.9. The fraction of sp³-hybridized carbons (Fsp3) is 0.750. The smallest absolute Gasteiger partial charge is 0.394 e. The number of nitrogens with zero attached hydrogens (tertiary/aromatic N) is 7. The molecule has 0 radical (unpaired) electrons. The Morgan fingerprint density at radius 1 is 1.34 bits per heavy atom. The Bertz CT molecular complexity index is 1020. The number of ether oxygens (including phenoxy) is 1. The van der Waals surface area contributed by atoms with Crippen LogP contribution in [0.25, 0.3) is 11.0 Å². The first kappa shape index (κ1) is 24.5. The van der Waals surface area contributed by atoms with E-state index in [4.69, 9.17) is 9.26 Å². The molecule has 1 fully saturated rings. The van der Waals surface area contributed by atoms with Crippen LogP contribution < -0.4 is 5.56 Å². The first-order valence-corrected chi connectivity index (χ1v) is 11.1. The van der Waals surface area contributed by atoms with Gasteiger partial charge in [0.15, 0.2) is 18.5 Å². The average molecular weight is 475 g/mol. The van der Waals surface area contributed by atoms with Crippen molar-refractivity contribution in [3.63, 3.8) is 0 Å². The molecule has 2 aromatic rings. The van der Waals surface area contributed by atoms with Crippen LogP contribution in [0.2, 0.25) is 0 Å². The fourth-order valence-corrected chi connectivity index (χ4v) is 5.05. The van der Waals surface area contributed by atoms with Gasteiger partial charge in [0.25, 0.3) is 8.53 Å². The zero-order valence-electron chi connectivity index (χ0n) is 18.0. The summed E-state index contributed by atoms with van der Waals surface area (Å²) in [7, 11) is -2.01. The van der Waals surface area contributed by atoms with Crippen LogP contribution in [0.15, 0.2) is 4.79 Å². The summed E-state index contributed by atoms with van der Waals surface area (Å²) < 4.78 is 14.9. The number of aromatic nitrogens is 5. The van der Waals surface area contributed by atoms with Crippen LogP contribution in [0.3, 0.4) is 0 Å². The Kier molecular flexibility index (Phi) is 7.50. The van der Waals surface area contributed by atoms with Gasteiger partial charge in [0.2, 0.25) is 5.52 Å². The van der Waals surface area contributed by atoms with Crippen LogP contribution in [-0.4, -0.2) is 80.4 Å². The highest BCUT2D eigenvalue weighted by atomic mass is 31.2. The minimum absolute atomic E-state index is 0.00209. The van der Waals surface area contributed by atoms with E-state index in [2.05, 4.69) is 15.4 Å². The van der Waals surface area contributed by atoms with Crippen LogP contribution >= 0.6 is 8.53 Å². The molecule has 1 aliphatic heterocycles. The average Bonchev–Trinajstić information content (AvgIpc) is 3.29. The van der Waals surface area contributed by atoms with E-state index in [0.29, 0.717) is 0 Å². The van der Waals surface area contributed by atoms with E-state index in [-0.39, 0.29) is 29.5 Å². The van der Waals surface area contributed by atoms with Gasteiger partial charge in [-0.25, -0.2) is 4.67 Å². The number of fused-ring (bicyclic) bond motifs is 1. The van der Waals surface area contributed by atoms with Crippen molar-refractivity contribution < 1.29 is 29.3 Å². The number of nitro groups is 1. The summed E-state index contributed by atoms with van der Waals surface area (Å²) in [6, 6.07) is 0.00418. The summed E-state index contributed by atoms with van der Waals surface area (Å²) in [5.74, 6) is -0.707. The van der Waals surface area contributed by atoms with Gasteiger partial charge in [-0.05, 0) is 32.6 Å². The van der Waals surface area contributed by atoms with E-state index in [0.717, 1.165) is 9.36 Å². The molecular formula is C16H26N7O8P. The summed E-state index contributed by atoms with van der Waals surface area (Å²) in [5, 5.41) is 41.4. The van der Waals surface area contributed by atoms with Crippen LogP contribution in [0.4, 0.5) is 5.82 Å². The first-order valence-electron chi connectivity index (χ1n) is 9.92. The van der Waals surface area contributed by atoms with Gasteiger partial charge in [-0.3, -0.25) is 4.79 Å². The van der Waals surface area contributed by atoms with E-state index in [1.165, 1.54) is 0 Å². The van der Waals surface area contributed by atoms with Crippen LogP contribution in [0, 0.1) is 10.1 Å². The second kappa shape index (κ2) is 9.79. The van der Waals surface area contributed by atoms with Crippen molar-refractivity contribution in [3.05, 3.63) is 20.5 Å². The molecule has 16 heteroatoms. The van der Waals surface area contributed by atoms with E-state index >= 15 is 0 Å². The Morgan fingerprint density at radius 2 is 2.00 bits per heavy atom. The topological polar surface area (TPSA) is 191 Å². The van der Waals surface area contributed by atoms with Gasteiger partial charge < -0.3 is 34.5 Å². The predicted octanol–water partition coefficient (Wildman–Crippen LogP) is -0.151. The van der Waals surface area contributed by atoms with Gasteiger partial charge in [0, 0.05) is 18.5 Å². The molecule has 15 nitrogen and oxygen atoms in total. The fourth-order valence-electron chi connectivity index (χ4n) is 3.69. The number of hydrogen-bond donors (Lipinski definition) is 3. The zero-order valence-corrected chi connectivity index (χ0v) is 18.9. The molecule has 3 rings (SSSR count). The highest BCUT2D eigenvalue weighted by Crippen LogP contribution is 2.45. The SMILES string of the molecule is CC(C)N(C(C)C)P(O)OC1CC(n2nnc3c([N+](=O)[O-])nn(CO)c3c2=O)OC1CO. The Hall–Kier alpha value is -2.13. The largest absolute Gasteiger partial charge is 0.418 e. The molecule has 0 aromatic carbocycles. The van der Waals surface area contributed by atoms with Gasteiger partial charge in [-0.2, -0.15) is 4.68 Å². The minimum atomic E-state index is -2.01. The van der Waals surface area contributed by atoms with Crippen molar-refractivity contribution >= 4 is 25.4 Å². The summed E-state index contributed by atoms with van der Waals surface area (Å²) in [6.07, 6.45) is -2.55. The Balaban J connectivity index is 1.90. The molecular weight excluding hydrogens is 449 g/mol. The van der Waals surface area contributed by atoms with E-state index in [1.54, 1.807) is 4.67 Å². The van der Waals surface area contributed by atoms with E-state index in [1.807, 2.05) is 27.7 Å². The molecule has 2 aromatic heterocycles. The monoisotopic (exact) mass is 475 g/mol. The minimum Gasteiger partial charge on any atom is -0.394 e. The van der Waals surface area contributed by atoms with E-state index < -0.39 is 56.6 Å². The lowest BCUT2D eigenvalue weighted by molar-refractivity contribution is -0.388. The number of rotatable bonds is 9.